The summed E-state index contributed by atoms with van der Waals surface area (Å²) in [5.41, 5.74) is 0. The third-order valence-corrected chi connectivity index (χ3v) is 3.39. The van der Waals surface area contributed by atoms with Crippen molar-refractivity contribution in [2.75, 3.05) is 26.2 Å². The van der Waals surface area contributed by atoms with E-state index in [0.717, 1.165) is 0 Å². The molecule has 0 unspecified atom stereocenters. The van der Waals surface area contributed by atoms with E-state index in [2.05, 4.69) is 0 Å². The van der Waals surface area contributed by atoms with Gasteiger partial charge in [0, 0.05) is 0 Å². The Morgan fingerprint density at radius 1 is 0.533 bits per heavy atom. The first kappa shape index (κ1) is 25.2. The van der Waals surface area contributed by atoms with Gasteiger partial charge in [-0.05, 0) is 0 Å². The fraction of sp³-hybridized carbons (Fsp3) is 1.00. The molecule has 0 atom stereocenters. The van der Waals surface area contributed by atoms with Crippen molar-refractivity contribution < 1.29 is 29.5 Å². The Labute approximate surface area is 159 Å². The zero-order chi connectivity index (χ0) is 23.9. The minimum absolute atomic E-state index is 0.223. The van der Waals surface area contributed by atoms with Crippen molar-refractivity contribution in [3.05, 3.63) is 70.5 Å². The molecule has 30 heavy (non-hydrogen) atoms. The molecule has 0 bridgehead atoms. The Bertz CT molecular complexity index is 645. The molecule has 0 aliphatic rings. The van der Waals surface area contributed by atoms with Crippen LogP contribution in [0.3, 0.4) is 0 Å². The third-order valence-electron chi connectivity index (χ3n) is 3.39. The van der Waals surface area contributed by atoms with E-state index >= 15 is 0 Å². The third kappa shape index (κ3) is 4.54. The Balaban J connectivity index is 5.68. The highest BCUT2D eigenvalue weighted by atomic mass is 16.7. The maximum atomic E-state index is 10.8. The first-order chi connectivity index (χ1) is 13.7. The number of rotatable bonds is 15. The maximum absolute atomic E-state index is 10.8. The fourth-order valence-corrected chi connectivity index (χ4v) is 1.76. The van der Waals surface area contributed by atoms with Crippen LogP contribution in [-0.2, 0) is 0 Å². The van der Waals surface area contributed by atoms with Crippen LogP contribution in [0.5, 0.6) is 0 Å². The molecule has 0 aromatic rings. The molecule has 0 saturated carbocycles. The number of hydrogen-bond acceptors (Lipinski definition) is 16. The van der Waals surface area contributed by atoms with Crippen LogP contribution in [0.15, 0.2) is 10.6 Å². The molecule has 0 saturated heterocycles. The summed E-state index contributed by atoms with van der Waals surface area (Å²) >= 11 is 0. The van der Waals surface area contributed by atoms with Gasteiger partial charge in [0.1, 0.15) is 0 Å². The fourth-order valence-electron chi connectivity index (χ4n) is 1.76. The summed E-state index contributed by atoms with van der Waals surface area (Å²) in [6.45, 7) is -6.15. The molecule has 0 aromatic carbocycles. The Morgan fingerprint density at radius 3 is 0.867 bits per heavy atom. The van der Waals surface area contributed by atoms with Gasteiger partial charge in [-0.2, -0.15) is 0 Å². The molecule has 0 aliphatic carbocycles. The van der Waals surface area contributed by atoms with E-state index in [1.54, 1.807) is 0 Å². The van der Waals surface area contributed by atoms with Crippen LogP contribution in [0.4, 0.5) is 0 Å². The molecule has 0 N–H and O–H groups in total. The van der Waals surface area contributed by atoms with Crippen molar-refractivity contribution >= 4 is 0 Å². The van der Waals surface area contributed by atoms with Gasteiger partial charge >= 0.3 is 11.6 Å². The quantitative estimate of drug-likeness (QED) is 0.113. The van der Waals surface area contributed by atoms with Gasteiger partial charge in [0.05, 0.1) is 23.7 Å². The second kappa shape index (κ2) is 9.41. The normalized spacial score (nSPS) is 11.1. The average Bonchev–Trinajstić information content (AvgIpc) is 2.62. The van der Waals surface area contributed by atoms with E-state index in [9.17, 15) is 70.5 Å². The molecule has 24 heteroatoms. The highest BCUT2D eigenvalue weighted by molar-refractivity contribution is 4.66. The summed E-state index contributed by atoms with van der Waals surface area (Å²) in [5, 5.41) is 68.5. The number of nitroso groups, excluding NO2 is 2. The first-order valence-electron chi connectivity index (χ1n) is 6.77. The maximum Gasteiger partial charge on any atom is 0.719 e. The minimum atomic E-state index is -4.18. The summed E-state index contributed by atoms with van der Waals surface area (Å²) in [6, 6.07) is 0. The largest absolute Gasteiger partial charge is 0.719 e. The molecule has 24 nitrogen and oxygen atoms in total. The Hall–Kier alpha value is -4.80. The van der Waals surface area contributed by atoms with Crippen LogP contribution >= 0.6 is 0 Å². The molecular formula is C6H8N10O14. The van der Waals surface area contributed by atoms with E-state index in [1.807, 2.05) is 10.6 Å². The Kier molecular flexibility index (Phi) is 7.91. The van der Waals surface area contributed by atoms with Crippen LogP contribution in [0.1, 0.15) is 0 Å². The van der Waals surface area contributed by atoms with Crippen molar-refractivity contribution in [1.29, 1.82) is 0 Å². The van der Waals surface area contributed by atoms with Crippen LogP contribution in [0, 0.1) is 70.5 Å². The monoisotopic (exact) mass is 444 g/mol. The summed E-state index contributed by atoms with van der Waals surface area (Å²) in [7, 11) is 0. The van der Waals surface area contributed by atoms with E-state index < -0.39 is 67.3 Å². The zero-order valence-electron chi connectivity index (χ0n) is 14.0. The van der Waals surface area contributed by atoms with Crippen LogP contribution in [0.25, 0.3) is 0 Å². The van der Waals surface area contributed by atoms with Gasteiger partial charge in [0.2, 0.25) is 0 Å². The van der Waals surface area contributed by atoms with Crippen LogP contribution in [0.2, 0.25) is 0 Å². The van der Waals surface area contributed by atoms with Gasteiger partial charge in [-0.25, -0.2) is 10.0 Å². The van der Waals surface area contributed by atoms with Crippen molar-refractivity contribution in [3.8, 4) is 0 Å². The van der Waals surface area contributed by atoms with Gasteiger partial charge in [-0.1, -0.05) is 0 Å². The van der Waals surface area contributed by atoms with E-state index in [4.69, 9.17) is 0 Å². The predicted molar refractivity (Wildman–Crippen MR) is 82.2 cm³/mol. The lowest BCUT2D eigenvalue weighted by Gasteiger charge is -2.20. The molecular weight excluding hydrogens is 436 g/mol. The summed E-state index contributed by atoms with van der Waals surface area (Å²) in [6.07, 6.45) is 0. The number of nitrogens with zero attached hydrogens (tertiary/aromatic N) is 10. The lowest BCUT2D eigenvalue weighted by molar-refractivity contribution is -0.969. The standard InChI is InChI=1S/C6H8N10O14/c17-7-9(3-5(11(19)20,12(21)22)13(23)24)1-2-10(8-18)4-6(14(25)26,15(27)28)16(29)30/h1-4H2. The smallest absolute Gasteiger partial charge is 0.253 e. The number of nitro groups is 6. The van der Waals surface area contributed by atoms with E-state index in [0.29, 0.717) is 0 Å². The van der Waals surface area contributed by atoms with Crippen molar-refractivity contribution in [2.45, 2.75) is 11.6 Å². The molecule has 0 radical (unpaired) electrons. The van der Waals surface area contributed by atoms with Crippen molar-refractivity contribution in [1.82, 2.24) is 10.0 Å². The van der Waals surface area contributed by atoms with Crippen molar-refractivity contribution in [2.24, 2.45) is 10.6 Å². The predicted octanol–water partition coefficient (Wildman–Crippen LogP) is -2.08. The minimum Gasteiger partial charge on any atom is -0.253 e. The molecule has 166 valence electrons. The highest BCUT2D eigenvalue weighted by Crippen LogP contribution is 2.17. The lowest BCUT2D eigenvalue weighted by atomic mass is 10.3. The first-order valence-corrected chi connectivity index (χ1v) is 6.77. The number of hydrogen-bond donors (Lipinski definition) is 0. The van der Waals surface area contributed by atoms with Crippen molar-refractivity contribution in [3.63, 3.8) is 0 Å². The Morgan fingerprint density at radius 2 is 0.733 bits per heavy atom. The lowest BCUT2D eigenvalue weighted by Crippen LogP contribution is -2.61. The summed E-state index contributed by atoms with van der Waals surface area (Å²) in [5.74, 6) is -8.36. The molecule has 0 amide bonds. The molecule has 0 rings (SSSR count). The average molecular weight is 444 g/mol. The van der Waals surface area contributed by atoms with E-state index in [-0.39, 0.29) is 10.0 Å². The van der Waals surface area contributed by atoms with Gasteiger partial charge in [-0.15, -0.1) is 9.81 Å². The molecule has 0 aliphatic heterocycles. The second-order valence-electron chi connectivity index (χ2n) is 5.03. The zero-order valence-corrected chi connectivity index (χ0v) is 14.0. The van der Waals surface area contributed by atoms with Gasteiger partial charge in [0.15, 0.2) is 29.5 Å². The SMILES string of the molecule is O=NN(CCN(CC([N+](=O)[O-])([N+](=O)[O-])[N+](=O)[O-])N=O)CC([N+](=O)[O-])([N+](=O)[O-])[N+](=O)[O-]. The van der Waals surface area contributed by atoms with Gasteiger partial charge < -0.3 is 0 Å². The molecule has 0 spiro atoms. The summed E-state index contributed by atoms with van der Waals surface area (Å²) in [4.78, 5) is 74.5. The topological polar surface area (TPSA) is 324 Å². The molecule has 0 heterocycles. The van der Waals surface area contributed by atoms with Crippen LogP contribution < -0.4 is 0 Å². The van der Waals surface area contributed by atoms with Gasteiger partial charge in [0.25, 0.3) is 13.1 Å². The highest BCUT2D eigenvalue weighted by Gasteiger charge is 2.73. The molecule has 0 fully saturated rings. The van der Waals surface area contributed by atoms with Gasteiger partial charge in [-0.3, -0.25) is 60.7 Å². The van der Waals surface area contributed by atoms with E-state index in [1.165, 1.54) is 0 Å². The second-order valence-corrected chi connectivity index (χ2v) is 5.03. The summed E-state index contributed by atoms with van der Waals surface area (Å²) < 4.78 is 0. The van der Waals surface area contributed by atoms with Crippen LogP contribution in [-0.4, -0.2) is 77.3 Å². The molecule has 0 aromatic heterocycles.